The monoisotopic (exact) mass is 225 g/mol. The average Bonchev–Trinajstić information content (AvgIpc) is 2.29. The van der Waals surface area contributed by atoms with E-state index in [1.165, 1.54) is 12.1 Å². The SMILES string of the molecule is CCCC(C)(CO)NCc1ccc(F)cc1. The summed E-state index contributed by atoms with van der Waals surface area (Å²) in [6.07, 6.45) is 1.94. The van der Waals surface area contributed by atoms with Crippen molar-refractivity contribution in [1.82, 2.24) is 5.32 Å². The van der Waals surface area contributed by atoms with Crippen molar-refractivity contribution in [3.05, 3.63) is 35.6 Å². The molecule has 0 amide bonds. The molecular formula is C13H20FNO. The van der Waals surface area contributed by atoms with Crippen molar-refractivity contribution in [2.45, 2.75) is 38.8 Å². The highest BCUT2D eigenvalue weighted by molar-refractivity contribution is 5.16. The Morgan fingerprint density at radius 1 is 1.31 bits per heavy atom. The van der Waals surface area contributed by atoms with Crippen LogP contribution in [0, 0.1) is 5.82 Å². The van der Waals surface area contributed by atoms with Crippen LogP contribution in [0.3, 0.4) is 0 Å². The van der Waals surface area contributed by atoms with Crippen molar-refractivity contribution in [2.24, 2.45) is 0 Å². The number of hydrogen-bond acceptors (Lipinski definition) is 2. The van der Waals surface area contributed by atoms with Gasteiger partial charge in [0.2, 0.25) is 0 Å². The van der Waals surface area contributed by atoms with Gasteiger partial charge in [-0.3, -0.25) is 0 Å². The predicted octanol–water partition coefficient (Wildman–Crippen LogP) is 2.47. The summed E-state index contributed by atoms with van der Waals surface area (Å²) in [4.78, 5) is 0. The zero-order valence-corrected chi connectivity index (χ0v) is 9.96. The van der Waals surface area contributed by atoms with Gasteiger partial charge in [-0.05, 0) is 31.0 Å². The van der Waals surface area contributed by atoms with Crippen LogP contribution in [0.2, 0.25) is 0 Å². The van der Waals surface area contributed by atoms with Crippen LogP contribution in [-0.4, -0.2) is 17.3 Å². The number of aliphatic hydroxyl groups excluding tert-OH is 1. The molecule has 1 aromatic rings. The van der Waals surface area contributed by atoms with Crippen LogP contribution in [0.15, 0.2) is 24.3 Å². The number of benzene rings is 1. The molecule has 0 aliphatic rings. The Labute approximate surface area is 96.5 Å². The van der Waals surface area contributed by atoms with Gasteiger partial charge in [-0.25, -0.2) is 4.39 Å². The van der Waals surface area contributed by atoms with Gasteiger partial charge >= 0.3 is 0 Å². The summed E-state index contributed by atoms with van der Waals surface area (Å²) in [6.45, 7) is 4.85. The number of nitrogens with one attached hydrogen (secondary N) is 1. The first-order chi connectivity index (χ1) is 7.59. The minimum absolute atomic E-state index is 0.113. The molecule has 1 unspecified atom stereocenters. The third-order valence-corrected chi connectivity index (χ3v) is 2.78. The summed E-state index contributed by atoms with van der Waals surface area (Å²) in [5.41, 5.74) is 0.778. The maximum absolute atomic E-state index is 12.7. The Balaban J connectivity index is 2.52. The number of hydrogen-bond donors (Lipinski definition) is 2. The molecule has 1 atom stereocenters. The molecule has 2 nitrogen and oxygen atoms in total. The van der Waals surface area contributed by atoms with E-state index in [1.54, 1.807) is 12.1 Å². The van der Waals surface area contributed by atoms with Crippen molar-refractivity contribution < 1.29 is 9.50 Å². The van der Waals surface area contributed by atoms with Crippen molar-refractivity contribution in [3.63, 3.8) is 0 Å². The van der Waals surface area contributed by atoms with E-state index < -0.39 is 0 Å². The molecule has 0 saturated heterocycles. The Morgan fingerprint density at radius 3 is 2.44 bits per heavy atom. The molecule has 0 fully saturated rings. The smallest absolute Gasteiger partial charge is 0.123 e. The van der Waals surface area contributed by atoms with E-state index in [0.29, 0.717) is 6.54 Å². The molecule has 0 heterocycles. The molecule has 0 aliphatic heterocycles. The van der Waals surface area contributed by atoms with Crippen LogP contribution < -0.4 is 5.32 Å². The van der Waals surface area contributed by atoms with Gasteiger partial charge in [0.1, 0.15) is 5.82 Å². The quantitative estimate of drug-likeness (QED) is 0.779. The minimum atomic E-state index is -0.247. The van der Waals surface area contributed by atoms with Gasteiger partial charge in [-0.2, -0.15) is 0 Å². The molecule has 1 aromatic carbocycles. The van der Waals surface area contributed by atoms with E-state index in [-0.39, 0.29) is 18.0 Å². The second-order valence-electron chi connectivity index (χ2n) is 4.45. The molecule has 0 aliphatic carbocycles. The van der Waals surface area contributed by atoms with Gasteiger partial charge in [0, 0.05) is 12.1 Å². The van der Waals surface area contributed by atoms with Gasteiger partial charge in [-0.1, -0.05) is 25.5 Å². The summed E-state index contributed by atoms with van der Waals surface area (Å²) in [5.74, 6) is -0.220. The molecule has 0 spiro atoms. The fourth-order valence-corrected chi connectivity index (χ4v) is 1.69. The van der Waals surface area contributed by atoms with Crippen LogP contribution >= 0.6 is 0 Å². The predicted molar refractivity (Wildman–Crippen MR) is 63.6 cm³/mol. The fraction of sp³-hybridized carbons (Fsp3) is 0.538. The van der Waals surface area contributed by atoms with Crippen LogP contribution in [0.25, 0.3) is 0 Å². The Bertz CT molecular complexity index is 312. The molecule has 0 radical (unpaired) electrons. The van der Waals surface area contributed by atoms with Crippen LogP contribution in [-0.2, 0) is 6.54 Å². The van der Waals surface area contributed by atoms with E-state index >= 15 is 0 Å². The normalized spacial score (nSPS) is 14.8. The minimum Gasteiger partial charge on any atom is -0.394 e. The van der Waals surface area contributed by atoms with Crippen LogP contribution in [0.4, 0.5) is 4.39 Å². The Morgan fingerprint density at radius 2 is 1.94 bits per heavy atom. The first-order valence-electron chi connectivity index (χ1n) is 5.70. The van der Waals surface area contributed by atoms with E-state index in [0.717, 1.165) is 18.4 Å². The Hall–Kier alpha value is -0.930. The molecule has 0 saturated carbocycles. The second kappa shape index (κ2) is 5.97. The lowest BCUT2D eigenvalue weighted by Gasteiger charge is -2.28. The maximum Gasteiger partial charge on any atom is 0.123 e. The molecule has 0 aromatic heterocycles. The van der Waals surface area contributed by atoms with Crippen molar-refractivity contribution >= 4 is 0 Å². The number of rotatable bonds is 6. The molecule has 90 valence electrons. The van der Waals surface area contributed by atoms with Crippen molar-refractivity contribution in [1.29, 1.82) is 0 Å². The molecule has 16 heavy (non-hydrogen) atoms. The van der Waals surface area contributed by atoms with E-state index in [4.69, 9.17) is 0 Å². The largest absolute Gasteiger partial charge is 0.394 e. The topological polar surface area (TPSA) is 32.3 Å². The molecule has 0 bridgehead atoms. The van der Waals surface area contributed by atoms with Crippen molar-refractivity contribution in [2.75, 3.05) is 6.61 Å². The van der Waals surface area contributed by atoms with Gasteiger partial charge in [0.15, 0.2) is 0 Å². The molecule has 2 N–H and O–H groups in total. The zero-order valence-electron chi connectivity index (χ0n) is 9.96. The molecule has 1 rings (SSSR count). The fourth-order valence-electron chi connectivity index (χ4n) is 1.69. The number of aliphatic hydroxyl groups is 1. The van der Waals surface area contributed by atoms with E-state index in [1.807, 2.05) is 6.92 Å². The summed E-state index contributed by atoms with van der Waals surface area (Å²) in [5, 5.41) is 12.6. The van der Waals surface area contributed by atoms with Crippen LogP contribution in [0.1, 0.15) is 32.3 Å². The Kier molecular flexibility index (Phi) is 4.90. The summed E-state index contributed by atoms with van der Waals surface area (Å²) in [7, 11) is 0. The number of halogens is 1. The summed E-state index contributed by atoms with van der Waals surface area (Å²) in [6, 6.07) is 6.42. The highest BCUT2D eigenvalue weighted by Crippen LogP contribution is 2.12. The first kappa shape index (κ1) is 13.1. The molecular weight excluding hydrogens is 205 g/mol. The first-order valence-corrected chi connectivity index (χ1v) is 5.70. The second-order valence-corrected chi connectivity index (χ2v) is 4.45. The summed E-state index contributed by atoms with van der Waals surface area (Å²) < 4.78 is 12.7. The standard InChI is InChI=1S/C13H20FNO/c1-3-8-13(2,10-16)15-9-11-4-6-12(14)7-5-11/h4-7,15-16H,3,8-10H2,1-2H3. The molecule has 3 heteroatoms. The zero-order chi connectivity index (χ0) is 12.0. The van der Waals surface area contributed by atoms with Crippen molar-refractivity contribution in [3.8, 4) is 0 Å². The average molecular weight is 225 g/mol. The lowest BCUT2D eigenvalue weighted by atomic mass is 9.97. The lowest BCUT2D eigenvalue weighted by molar-refractivity contribution is 0.163. The van der Waals surface area contributed by atoms with Gasteiger partial charge in [-0.15, -0.1) is 0 Å². The third kappa shape index (κ3) is 3.91. The van der Waals surface area contributed by atoms with Gasteiger partial charge < -0.3 is 10.4 Å². The maximum atomic E-state index is 12.7. The van der Waals surface area contributed by atoms with Crippen LogP contribution in [0.5, 0.6) is 0 Å². The highest BCUT2D eigenvalue weighted by atomic mass is 19.1. The summed E-state index contributed by atoms with van der Waals surface area (Å²) >= 11 is 0. The van der Waals surface area contributed by atoms with Gasteiger partial charge in [0.05, 0.1) is 6.61 Å². The third-order valence-electron chi connectivity index (χ3n) is 2.78. The highest BCUT2D eigenvalue weighted by Gasteiger charge is 2.20. The van der Waals surface area contributed by atoms with Gasteiger partial charge in [0.25, 0.3) is 0 Å². The van der Waals surface area contributed by atoms with E-state index in [9.17, 15) is 9.50 Å². The lowest BCUT2D eigenvalue weighted by Crippen LogP contribution is -2.45. The van der Waals surface area contributed by atoms with E-state index in [2.05, 4.69) is 12.2 Å².